The lowest BCUT2D eigenvalue weighted by atomic mass is 10.0. The van der Waals surface area contributed by atoms with E-state index in [0.29, 0.717) is 48.8 Å². The molecule has 2 aromatic carbocycles. The number of nitrogens with zero attached hydrogens (tertiary/aromatic N) is 3. The zero-order valence-corrected chi connectivity index (χ0v) is 16.8. The van der Waals surface area contributed by atoms with E-state index in [1.54, 1.807) is 52.3 Å². The third-order valence-corrected chi connectivity index (χ3v) is 5.82. The predicted molar refractivity (Wildman–Crippen MR) is 112 cm³/mol. The zero-order chi connectivity index (χ0) is 21.4. The van der Waals surface area contributed by atoms with Crippen LogP contribution in [0.4, 0.5) is 21.0 Å². The molecule has 0 radical (unpaired) electrons. The molecule has 2 aromatic rings. The molecule has 1 N–H and O–H groups in total. The first-order valence-corrected chi connectivity index (χ1v) is 10.2. The standard InChI is InChI=1S/C22H22N4O5/c27-20-13-25(22(29)26(20)17-4-2-1-3-5-17)16-8-10-24(11-9-16)21(28)23-15-6-7-18-19(12-15)31-14-30-18/h1-7,12,16H,8-11,13-14H2,(H,23,28). The average molecular weight is 422 g/mol. The number of nitrogens with one attached hydrogen (secondary N) is 1. The second-order valence-electron chi connectivity index (χ2n) is 7.69. The second kappa shape index (κ2) is 7.82. The van der Waals surface area contributed by atoms with Crippen molar-refractivity contribution in [2.75, 3.05) is 36.6 Å². The van der Waals surface area contributed by atoms with E-state index in [1.165, 1.54) is 4.90 Å². The van der Waals surface area contributed by atoms with E-state index in [2.05, 4.69) is 5.32 Å². The van der Waals surface area contributed by atoms with Crippen molar-refractivity contribution in [3.05, 3.63) is 48.5 Å². The Bertz CT molecular complexity index is 1020. The summed E-state index contributed by atoms with van der Waals surface area (Å²) in [4.78, 5) is 42.6. The van der Waals surface area contributed by atoms with Crippen LogP contribution in [0.15, 0.2) is 48.5 Å². The van der Waals surface area contributed by atoms with Crippen LogP contribution in [0.5, 0.6) is 11.5 Å². The Morgan fingerprint density at radius 3 is 2.48 bits per heavy atom. The van der Waals surface area contributed by atoms with E-state index < -0.39 is 0 Å². The van der Waals surface area contributed by atoms with Crippen LogP contribution in [0.25, 0.3) is 0 Å². The Labute approximate surface area is 179 Å². The van der Waals surface area contributed by atoms with Gasteiger partial charge in [-0.2, -0.15) is 0 Å². The lowest BCUT2D eigenvalue weighted by Gasteiger charge is -2.36. The van der Waals surface area contributed by atoms with Gasteiger partial charge in [-0.1, -0.05) is 18.2 Å². The van der Waals surface area contributed by atoms with Crippen LogP contribution in [-0.4, -0.2) is 60.2 Å². The molecule has 2 saturated heterocycles. The van der Waals surface area contributed by atoms with Crippen LogP contribution < -0.4 is 19.7 Å². The van der Waals surface area contributed by atoms with E-state index >= 15 is 0 Å². The first kappa shape index (κ1) is 19.2. The van der Waals surface area contributed by atoms with Gasteiger partial charge in [0, 0.05) is 30.9 Å². The fraction of sp³-hybridized carbons (Fsp3) is 0.318. The number of fused-ring (bicyclic) bond motifs is 1. The molecule has 0 unspecified atom stereocenters. The number of amides is 5. The van der Waals surface area contributed by atoms with Crippen molar-refractivity contribution < 1.29 is 23.9 Å². The monoisotopic (exact) mass is 422 g/mol. The maximum absolute atomic E-state index is 12.9. The number of anilines is 2. The largest absolute Gasteiger partial charge is 0.454 e. The molecule has 3 aliphatic heterocycles. The van der Waals surface area contributed by atoms with Gasteiger partial charge in [-0.05, 0) is 37.1 Å². The Balaban J connectivity index is 1.18. The molecule has 160 valence electrons. The van der Waals surface area contributed by atoms with Crippen molar-refractivity contribution in [3.63, 3.8) is 0 Å². The van der Waals surface area contributed by atoms with Crippen molar-refractivity contribution in [1.29, 1.82) is 0 Å². The molecular weight excluding hydrogens is 400 g/mol. The fourth-order valence-corrected chi connectivity index (χ4v) is 4.19. The Morgan fingerprint density at radius 2 is 1.71 bits per heavy atom. The smallest absolute Gasteiger partial charge is 0.332 e. The molecule has 0 bridgehead atoms. The number of ether oxygens (including phenoxy) is 2. The Hall–Kier alpha value is -3.75. The van der Waals surface area contributed by atoms with Gasteiger partial charge in [0.25, 0.3) is 5.91 Å². The molecule has 0 aromatic heterocycles. The van der Waals surface area contributed by atoms with Crippen LogP contribution in [-0.2, 0) is 4.79 Å². The number of likely N-dealkylation sites (tertiary alicyclic amines) is 1. The van der Waals surface area contributed by atoms with Crippen molar-refractivity contribution in [2.45, 2.75) is 18.9 Å². The topological polar surface area (TPSA) is 91.4 Å². The van der Waals surface area contributed by atoms with E-state index in [0.717, 1.165) is 0 Å². The maximum atomic E-state index is 12.9. The highest BCUT2D eigenvalue weighted by atomic mass is 16.7. The summed E-state index contributed by atoms with van der Waals surface area (Å²) in [6, 6.07) is 13.7. The summed E-state index contributed by atoms with van der Waals surface area (Å²) in [6.45, 7) is 1.26. The van der Waals surface area contributed by atoms with Gasteiger partial charge < -0.3 is 24.6 Å². The van der Waals surface area contributed by atoms with E-state index in [4.69, 9.17) is 9.47 Å². The van der Waals surface area contributed by atoms with Crippen LogP contribution in [0, 0.1) is 0 Å². The maximum Gasteiger partial charge on any atom is 0.332 e. The fourth-order valence-electron chi connectivity index (χ4n) is 4.19. The number of imide groups is 1. The first-order chi connectivity index (χ1) is 15.1. The SMILES string of the molecule is O=C(Nc1ccc2c(c1)OCO2)N1CCC(N2CC(=O)N(c3ccccc3)C2=O)CC1. The number of piperidine rings is 1. The summed E-state index contributed by atoms with van der Waals surface area (Å²) >= 11 is 0. The van der Waals surface area contributed by atoms with E-state index in [1.807, 2.05) is 6.07 Å². The summed E-state index contributed by atoms with van der Waals surface area (Å²) < 4.78 is 10.6. The lowest BCUT2D eigenvalue weighted by Crippen LogP contribution is -2.49. The van der Waals surface area contributed by atoms with Gasteiger partial charge in [-0.3, -0.25) is 4.79 Å². The number of urea groups is 2. The molecule has 3 aliphatic rings. The number of para-hydroxylation sites is 1. The van der Waals surface area contributed by atoms with Crippen LogP contribution >= 0.6 is 0 Å². The number of hydrogen-bond acceptors (Lipinski definition) is 5. The van der Waals surface area contributed by atoms with Gasteiger partial charge in [0.05, 0.1) is 5.69 Å². The van der Waals surface area contributed by atoms with Gasteiger partial charge in [-0.15, -0.1) is 0 Å². The molecule has 9 nitrogen and oxygen atoms in total. The summed E-state index contributed by atoms with van der Waals surface area (Å²) in [7, 11) is 0. The van der Waals surface area contributed by atoms with Gasteiger partial charge in [0.2, 0.25) is 6.79 Å². The average Bonchev–Trinajstić information content (AvgIpc) is 3.37. The molecule has 31 heavy (non-hydrogen) atoms. The van der Waals surface area contributed by atoms with Crippen molar-refractivity contribution in [1.82, 2.24) is 9.80 Å². The third kappa shape index (κ3) is 3.63. The molecule has 3 heterocycles. The minimum atomic E-state index is -0.292. The third-order valence-electron chi connectivity index (χ3n) is 5.82. The molecule has 2 fully saturated rings. The summed E-state index contributed by atoms with van der Waals surface area (Å²) in [5, 5.41) is 2.88. The van der Waals surface area contributed by atoms with Gasteiger partial charge in [0.15, 0.2) is 11.5 Å². The number of rotatable bonds is 3. The van der Waals surface area contributed by atoms with Crippen molar-refractivity contribution in [2.24, 2.45) is 0 Å². The number of hydrogen-bond donors (Lipinski definition) is 1. The highest BCUT2D eigenvalue weighted by molar-refractivity contribution is 6.19. The number of carbonyl (C=O) groups excluding carboxylic acids is 3. The normalized spacial score (nSPS) is 18.6. The van der Waals surface area contributed by atoms with Crippen LogP contribution in [0.3, 0.4) is 0 Å². The lowest BCUT2D eigenvalue weighted by molar-refractivity contribution is -0.116. The molecule has 5 rings (SSSR count). The molecule has 0 saturated carbocycles. The first-order valence-electron chi connectivity index (χ1n) is 10.2. The molecule has 0 aliphatic carbocycles. The Kier molecular flexibility index (Phi) is 4.85. The van der Waals surface area contributed by atoms with Crippen LogP contribution in [0.1, 0.15) is 12.8 Å². The van der Waals surface area contributed by atoms with Gasteiger partial charge in [0.1, 0.15) is 6.54 Å². The Morgan fingerprint density at radius 1 is 0.968 bits per heavy atom. The predicted octanol–water partition coefficient (Wildman–Crippen LogP) is 2.88. The minimum absolute atomic E-state index is 0.0697. The second-order valence-corrected chi connectivity index (χ2v) is 7.69. The summed E-state index contributed by atoms with van der Waals surface area (Å²) in [5.74, 6) is 1.05. The molecule has 0 atom stereocenters. The van der Waals surface area contributed by atoms with Crippen molar-refractivity contribution >= 4 is 29.3 Å². The van der Waals surface area contributed by atoms with Gasteiger partial charge >= 0.3 is 12.1 Å². The molecule has 0 spiro atoms. The van der Waals surface area contributed by atoms with Crippen LogP contribution in [0.2, 0.25) is 0 Å². The number of carbonyl (C=O) groups is 3. The highest BCUT2D eigenvalue weighted by Crippen LogP contribution is 2.34. The molecular formula is C22H22N4O5. The van der Waals surface area contributed by atoms with E-state index in [9.17, 15) is 14.4 Å². The zero-order valence-electron chi connectivity index (χ0n) is 16.8. The quantitative estimate of drug-likeness (QED) is 0.768. The molecule has 5 amide bonds. The molecule has 9 heteroatoms. The summed E-state index contributed by atoms with van der Waals surface area (Å²) in [5.41, 5.74) is 1.22. The van der Waals surface area contributed by atoms with E-state index in [-0.39, 0.29) is 37.3 Å². The minimum Gasteiger partial charge on any atom is -0.454 e. The highest BCUT2D eigenvalue weighted by Gasteiger charge is 2.41. The number of benzene rings is 2. The van der Waals surface area contributed by atoms with Gasteiger partial charge in [-0.25, -0.2) is 14.5 Å². The summed E-state index contributed by atoms with van der Waals surface area (Å²) in [6.07, 6.45) is 1.24. The van der Waals surface area contributed by atoms with Crippen molar-refractivity contribution in [3.8, 4) is 11.5 Å².